The van der Waals surface area contributed by atoms with E-state index in [1.54, 1.807) is 0 Å². The van der Waals surface area contributed by atoms with Gasteiger partial charge in [0.05, 0.1) is 12.6 Å². The van der Waals surface area contributed by atoms with Crippen molar-refractivity contribution in [3.05, 3.63) is 71.8 Å². The Morgan fingerprint density at radius 1 is 1.00 bits per heavy atom. The van der Waals surface area contributed by atoms with Gasteiger partial charge in [0.2, 0.25) is 0 Å². The molecule has 27 heavy (non-hydrogen) atoms. The summed E-state index contributed by atoms with van der Waals surface area (Å²) < 4.78 is 6.06. The molecular formula is C25H31NO. The third-order valence-corrected chi connectivity index (χ3v) is 6.01. The zero-order chi connectivity index (χ0) is 18.5. The lowest BCUT2D eigenvalue weighted by molar-refractivity contribution is 0.303. The highest BCUT2D eigenvalue weighted by Crippen LogP contribution is 2.50. The van der Waals surface area contributed by atoms with Crippen LogP contribution in [0.2, 0.25) is 0 Å². The van der Waals surface area contributed by atoms with Crippen LogP contribution in [0, 0.1) is 5.92 Å². The van der Waals surface area contributed by atoms with Gasteiger partial charge in [0.25, 0.3) is 0 Å². The van der Waals surface area contributed by atoms with Gasteiger partial charge in [0.15, 0.2) is 0 Å². The van der Waals surface area contributed by atoms with Gasteiger partial charge in [0, 0.05) is 11.6 Å². The van der Waals surface area contributed by atoms with Crippen molar-refractivity contribution in [3.63, 3.8) is 0 Å². The Labute approximate surface area is 163 Å². The normalized spacial score (nSPS) is 22.8. The van der Waals surface area contributed by atoms with Gasteiger partial charge in [-0.2, -0.15) is 0 Å². The number of unbranched alkanes of at least 4 members (excludes halogenated alkanes) is 4. The van der Waals surface area contributed by atoms with Gasteiger partial charge < -0.3 is 10.1 Å². The second-order valence-electron chi connectivity index (χ2n) is 7.90. The van der Waals surface area contributed by atoms with Gasteiger partial charge >= 0.3 is 0 Å². The first-order valence-corrected chi connectivity index (χ1v) is 10.6. The van der Waals surface area contributed by atoms with Crippen LogP contribution in [0.1, 0.15) is 68.5 Å². The summed E-state index contributed by atoms with van der Waals surface area (Å²) in [7, 11) is 0. The SMILES string of the molecule is CCCCCCCOc1ccc2c(c1)C1C=CCC1C(c1ccccc1)N2. The number of allylic oxidation sites excluding steroid dienone is 2. The predicted octanol–water partition coefficient (Wildman–Crippen LogP) is 6.86. The lowest BCUT2D eigenvalue weighted by Crippen LogP contribution is -2.29. The molecule has 2 heteroatoms. The molecule has 1 heterocycles. The topological polar surface area (TPSA) is 21.3 Å². The fourth-order valence-corrected chi connectivity index (χ4v) is 4.55. The van der Waals surface area contributed by atoms with Crippen LogP contribution in [-0.2, 0) is 0 Å². The molecule has 0 radical (unpaired) electrons. The lowest BCUT2D eigenvalue weighted by Gasteiger charge is -2.37. The second-order valence-corrected chi connectivity index (χ2v) is 7.90. The van der Waals surface area contributed by atoms with Gasteiger partial charge in [-0.15, -0.1) is 0 Å². The molecule has 2 aromatic rings. The molecule has 0 saturated carbocycles. The standard InChI is InChI=1S/C25H31NO/c1-2-3-4-5-9-17-27-20-15-16-24-23(18-20)21-13-10-14-22(21)25(26-24)19-11-7-6-8-12-19/h6-8,10-13,15-16,18,21-22,25-26H,2-5,9,14,17H2,1H3. The quantitative estimate of drug-likeness (QED) is 0.409. The number of benzene rings is 2. The van der Waals surface area contributed by atoms with Crippen LogP contribution >= 0.6 is 0 Å². The molecule has 0 bridgehead atoms. The first-order chi connectivity index (χ1) is 13.4. The van der Waals surface area contributed by atoms with E-state index in [2.05, 4.69) is 72.9 Å². The van der Waals surface area contributed by atoms with Crippen LogP contribution in [0.4, 0.5) is 5.69 Å². The minimum Gasteiger partial charge on any atom is -0.494 e. The summed E-state index contributed by atoms with van der Waals surface area (Å²) in [5.41, 5.74) is 4.03. The molecule has 1 N–H and O–H groups in total. The molecule has 142 valence electrons. The summed E-state index contributed by atoms with van der Waals surface area (Å²) in [6.45, 7) is 3.08. The number of ether oxygens (including phenoxy) is 1. The van der Waals surface area contributed by atoms with Crippen molar-refractivity contribution in [2.24, 2.45) is 5.92 Å². The van der Waals surface area contributed by atoms with E-state index in [1.807, 2.05) is 0 Å². The average Bonchev–Trinajstić information content (AvgIpc) is 3.21. The molecule has 0 spiro atoms. The summed E-state index contributed by atoms with van der Waals surface area (Å²) in [4.78, 5) is 0. The van der Waals surface area contributed by atoms with Crippen LogP contribution in [0.25, 0.3) is 0 Å². The molecular weight excluding hydrogens is 330 g/mol. The van der Waals surface area contributed by atoms with Crippen molar-refractivity contribution >= 4 is 5.69 Å². The summed E-state index contributed by atoms with van der Waals surface area (Å²) in [5, 5.41) is 3.81. The summed E-state index contributed by atoms with van der Waals surface area (Å²) >= 11 is 0. The van der Waals surface area contributed by atoms with Gasteiger partial charge in [-0.25, -0.2) is 0 Å². The Hall–Kier alpha value is -2.22. The third kappa shape index (κ3) is 4.05. The molecule has 1 aliphatic heterocycles. The predicted molar refractivity (Wildman–Crippen MR) is 113 cm³/mol. The number of hydrogen-bond acceptors (Lipinski definition) is 2. The van der Waals surface area contributed by atoms with Crippen LogP contribution in [-0.4, -0.2) is 6.61 Å². The zero-order valence-electron chi connectivity index (χ0n) is 16.4. The molecule has 2 nitrogen and oxygen atoms in total. The van der Waals surface area contributed by atoms with Gasteiger partial charge in [0.1, 0.15) is 5.75 Å². The minimum atomic E-state index is 0.379. The fraction of sp³-hybridized carbons (Fsp3) is 0.440. The summed E-state index contributed by atoms with van der Waals surface area (Å²) in [6, 6.07) is 17.8. The second kappa shape index (κ2) is 8.65. The van der Waals surface area contributed by atoms with E-state index < -0.39 is 0 Å². The molecule has 3 atom stereocenters. The highest BCUT2D eigenvalue weighted by molar-refractivity contribution is 5.61. The maximum Gasteiger partial charge on any atom is 0.119 e. The van der Waals surface area contributed by atoms with E-state index in [4.69, 9.17) is 4.74 Å². The maximum absolute atomic E-state index is 6.06. The molecule has 2 aliphatic rings. The highest BCUT2D eigenvalue weighted by atomic mass is 16.5. The van der Waals surface area contributed by atoms with E-state index in [9.17, 15) is 0 Å². The molecule has 3 unspecified atom stereocenters. The van der Waals surface area contributed by atoms with E-state index in [0.29, 0.717) is 17.9 Å². The Morgan fingerprint density at radius 3 is 2.70 bits per heavy atom. The van der Waals surface area contributed by atoms with Crippen molar-refractivity contribution in [1.82, 2.24) is 0 Å². The number of fused-ring (bicyclic) bond motifs is 3. The van der Waals surface area contributed by atoms with Crippen molar-refractivity contribution in [2.45, 2.75) is 57.4 Å². The van der Waals surface area contributed by atoms with Crippen molar-refractivity contribution in [2.75, 3.05) is 11.9 Å². The molecule has 1 aliphatic carbocycles. The average molecular weight is 362 g/mol. The number of anilines is 1. The van der Waals surface area contributed by atoms with Crippen LogP contribution < -0.4 is 10.1 Å². The monoisotopic (exact) mass is 361 g/mol. The van der Waals surface area contributed by atoms with E-state index in [1.165, 1.54) is 42.5 Å². The van der Waals surface area contributed by atoms with E-state index >= 15 is 0 Å². The molecule has 0 amide bonds. The van der Waals surface area contributed by atoms with Crippen molar-refractivity contribution in [1.29, 1.82) is 0 Å². The van der Waals surface area contributed by atoms with Gasteiger partial charge in [-0.3, -0.25) is 0 Å². The largest absolute Gasteiger partial charge is 0.494 e. The van der Waals surface area contributed by atoms with E-state index in [-0.39, 0.29) is 0 Å². The Balaban J connectivity index is 1.46. The van der Waals surface area contributed by atoms with E-state index in [0.717, 1.165) is 25.2 Å². The fourth-order valence-electron chi connectivity index (χ4n) is 4.55. The van der Waals surface area contributed by atoms with Crippen LogP contribution in [0.5, 0.6) is 5.75 Å². The Kier molecular flexibility index (Phi) is 5.81. The molecule has 0 saturated heterocycles. The molecule has 0 fully saturated rings. The number of rotatable bonds is 8. The highest BCUT2D eigenvalue weighted by Gasteiger charge is 2.37. The summed E-state index contributed by atoms with van der Waals surface area (Å²) in [5.74, 6) is 2.09. The maximum atomic E-state index is 6.06. The molecule has 0 aromatic heterocycles. The minimum absolute atomic E-state index is 0.379. The Bertz CT molecular complexity index is 767. The smallest absolute Gasteiger partial charge is 0.119 e. The summed E-state index contributed by atoms with van der Waals surface area (Å²) in [6.07, 6.45) is 12.3. The van der Waals surface area contributed by atoms with Crippen molar-refractivity contribution in [3.8, 4) is 5.75 Å². The third-order valence-electron chi connectivity index (χ3n) is 6.01. The van der Waals surface area contributed by atoms with Gasteiger partial charge in [-0.1, -0.05) is 75.1 Å². The Morgan fingerprint density at radius 2 is 1.85 bits per heavy atom. The first kappa shape index (κ1) is 18.2. The first-order valence-electron chi connectivity index (χ1n) is 10.6. The van der Waals surface area contributed by atoms with Crippen LogP contribution in [0.3, 0.4) is 0 Å². The lowest BCUT2D eigenvalue weighted by atomic mass is 9.77. The van der Waals surface area contributed by atoms with Crippen molar-refractivity contribution < 1.29 is 4.74 Å². The zero-order valence-corrected chi connectivity index (χ0v) is 16.4. The molecule has 4 rings (SSSR count). The van der Waals surface area contributed by atoms with Gasteiger partial charge in [-0.05, 0) is 48.1 Å². The molecule has 2 aromatic carbocycles. The van der Waals surface area contributed by atoms with Crippen LogP contribution in [0.15, 0.2) is 60.7 Å². The number of nitrogens with one attached hydrogen (secondary N) is 1. The number of hydrogen-bond donors (Lipinski definition) is 1.